The van der Waals surface area contributed by atoms with Crippen molar-refractivity contribution in [2.75, 3.05) is 25.0 Å². The zero-order valence-electron chi connectivity index (χ0n) is 19.9. The van der Waals surface area contributed by atoms with Crippen molar-refractivity contribution in [1.29, 1.82) is 0 Å². The molecule has 0 bridgehead atoms. The van der Waals surface area contributed by atoms with E-state index in [4.69, 9.17) is 4.74 Å². The number of anilines is 1. The molecule has 4 heterocycles. The van der Waals surface area contributed by atoms with Gasteiger partial charge in [-0.25, -0.2) is 17.5 Å². The van der Waals surface area contributed by atoms with Gasteiger partial charge in [0, 0.05) is 56.2 Å². The number of fused-ring (bicyclic) bond motifs is 2. The first kappa shape index (κ1) is 24.7. The first-order chi connectivity index (χ1) is 17.5. The molecule has 2 unspecified atom stereocenters. The Kier molecular flexibility index (Phi) is 6.12. The lowest BCUT2D eigenvalue weighted by atomic mass is 10.1. The van der Waals surface area contributed by atoms with Gasteiger partial charge in [-0.05, 0) is 36.8 Å². The number of aromatic nitrogens is 2. The van der Waals surface area contributed by atoms with Gasteiger partial charge in [-0.3, -0.25) is 14.4 Å². The second-order valence-corrected chi connectivity index (χ2v) is 10.8. The lowest BCUT2D eigenvalue weighted by molar-refractivity contribution is 0.0781. The van der Waals surface area contributed by atoms with Gasteiger partial charge in [0.05, 0.1) is 12.2 Å². The second-order valence-electron chi connectivity index (χ2n) is 9.15. The quantitative estimate of drug-likeness (QED) is 0.466. The number of H-pyrrole nitrogens is 1. The number of nitrogens with zero attached hydrogens (tertiary/aromatic N) is 2. The van der Waals surface area contributed by atoms with Crippen LogP contribution in [0.4, 0.5) is 10.1 Å². The molecule has 0 aliphatic carbocycles. The van der Waals surface area contributed by atoms with Crippen molar-refractivity contribution in [3.8, 4) is 5.75 Å². The number of carbonyl (C=O) groups is 2. The van der Waals surface area contributed by atoms with Crippen molar-refractivity contribution in [3.05, 3.63) is 75.7 Å². The molecule has 3 aromatic rings. The minimum atomic E-state index is -4.11. The smallest absolute Gasteiger partial charge is 0.276 e. The third kappa shape index (κ3) is 4.62. The van der Waals surface area contributed by atoms with Crippen molar-refractivity contribution < 1.29 is 27.1 Å². The molecule has 2 aliphatic rings. The number of ether oxygens (including phenoxy) is 1. The maximum Gasteiger partial charge on any atom is 0.276 e. The van der Waals surface area contributed by atoms with Crippen LogP contribution in [0, 0.1) is 18.7 Å². The number of hydrogen-bond acceptors (Lipinski definition) is 6. The van der Waals surface area contributed by atoms with E-state index in [0.717, 1.165) is 0 Å². The highest BCUT2D eigenvalue weighted by Crippen LogP contribution is 2.35. The number of likely N-dealkylation sites (tertiary alicyclic amines) is 1. The van der Waals surface area contributed by atoms with Crippen LogP contribution in [0.25, 0.3) is 0 Å². The van der Waals surface area contributed by atoms with Crippen molar-refractivity contribution >= 4 is 27.5 Å². The van der Waals surface area contributed by atoms with Crippen LogP contribution in [0.5, 0.6) is 5.75 Å². The molecular formula is C24H24FN5O6S. The zero-order valence-corrected chi connectivity index (χ0v) is 20.8. The normalized spacial score (nSPS) is 20.2. The molecule has 2 atom stereocenters. The molecule has 0 radical (unpaired) electrons. The molecule has 2 aliphatic heterocycles. The zero-order chi connectivity index (χ0) is 26.5. The number of benzene rings is 1. The van der Waals surface area contributed by atoms with Gasteiger partial charge in [-0.15, -0.1) is 0 Å². The Balaban J connectivity index is 1.40. The molecule has 1 fully saturated rings. The second kappa shape index (κ2) is 9.16. The monoisotopic (exact) mass is 529 g/mol. The van der Waals surface area contributed by atoms with Crippen LogP contribution in [0.15, 0.2) is 52.4 Å². The summed E-state index contributed by atoms with van der Waals surface area (Å²) in [5.74, 6) is -1.87. The first-order valence-corrected chi connectivity index (χ1v) is 12.9. The van der Waals surface area contributed by atoms with Crippen LogP contribution in [-0.4, -0.2) is 60.4 Å². The van der Waals surface area contributed by atoms with Crippen molar-refractivity contribution in [1.82, 2.24) is 19.2 Å². The molecule has 0 spiro atoms. The minimum absolute atomic E-state index is 0.0139. The van der Waals surface area contributed by atoms with Gasteiger partial charge in [0.2, 0.25) is 15.6 Å². The van der Waals surface area contributed by atoms with Crippen molar-refractivity contribution in [2.24, 2.45) is 13.0 Å². The number of aromatic amines is 1. The molecule has 2 amide bonds. The summed E-state index contributed by atoms with van der Waals surface area (Å²) >= 11 is 0. The van der Waals surface area contributed by atoms with Crippen molar-refractivity contribution in [2.45, 2.75) is 17.9 Å². The van der Waals surface area contributed by atoms with E-state index in [0.29, 0.717) is 11.3 Å². The fourth-order valence-corrected chi connectivity index (χ4v) is 6.09. The summed E-state index contributed by atoms with van der Waals surface area (Å²) in [5, 5.41) is 2.66. The highest BCUT2D eigenvalue weighted by atomic mass is 32.2. The van der Waals surface area contributed by atoms with Crippen LogP contribution < -0.4 is 20.3 Å². The number of carbonyl (C=O) groups excluding carboxylic acids is 2. The van der Waals surface area contributed by atoms with Gasteiger partial charge in [0.15, 0.2) is 11.4 Å². The number of amides is 2. The van der Waals surface area contributed by atoms with Gasteiger partial charge in [-0.2, -0.15) is 0 Å². The van der Waals surface area contributed by atoms with E-state index in [1.165, 1.54) is 59.2 Å². The third-order valence-corrected chi connectivity index (χ3v) is 8.01. The topological polar surface area (TPSA) is 143 Å². The molecular weight excluding hydrogens is 505 g/mol. The first-order valence-electron chi connectivity index (χ1n) is 11.4. The number of aryl methyl sites for hydroxylation is 2. The Labute approximate surface area is 211 Å². The summed E-state index contributed by atoms with van der Waals surface area (Å²) < 4.78 is 50.1. The summed E-state index contributed by atoms with van der Waals surface area (Å²) in [6.07, 6.45) is 2.61. The molecule has 37 heavy (non-hydrogen) atoms. The van der Waals surface area contributed by atoms with E-state index < -0.39 is 27.8 Å². The third-order valence-electron chi connectivity index (χ3n) is 6.53. The Bertz CT molecular complexity index is 1560. The van der Waals surface area contributed by atoms with E-state index >= 15 is 0 Å². The molecule has 11 nitrogen and oxygen atoms in total. The number of sulfonamides is 1. The Morgan fingerprint density at radius 3 is 2.68 bits per heavy atom. The molecule has 2 aromatic heterocycles. The lowest BCUT2D eigenvalue weighted by Gasteiger charge is -2.23. The Morgan fingerprint density at radius 1 is 1.19 bits per heavy atom. The number of pyridine rings is 1. The summed E-state index contributed by atoms with van der Waals surface area (Å²) in [6, 6.07) is 6.15. The molecule has 13 heteroatoms. The molecule has 1 saturated heterocycles. The summed E-state index contributed by atoms with van der Waals surface area (Å²) in [6.45, 7) is 1.94. The predicted octanol–water partition coefficient (Wildman–Crippen LogP) is 1.22. The number of hydrogen-bond donors (Lipinski definition) is 3. The highest BCUT2D eigenvalue weighted by Gasteiger charge is 2.42. The number of rotatable bonds is 3. The van der Waals surface area contributed by atoms with E-state index in [9.17, 15) is 27.2 Å². The van der Waals surface area contributed by atoms with Crippen LogP contribution in [0.1, 0.15) is 26.4 Å². The largest absolute Gasteiger partial charge is 0.489 e. The molecule has 0 saturated carbocycles. The van der Waals surface area contributed by atoms with E-state index in [-0.39, 0.29) is 59.0 Å². The molecule has 194 valence electrons. The standard InChI is InChI=1S/C24H24FN5O6S/c1-13-7-16(4-5-17(13)25)27-23(32)21-22-19(11-29(21)2)37(34,35)28-18-10-30(9-15(18)12-36-22)24(33)14-3-6-20(31)26-8-14/h3-8,11,15,18,28H,9-10,12H2,1-2H3,(H,26,31)(H,27,32). The SMILES string of the molecule is Cc1cc(NC(=O)c2c3c(cn2C)S(=O)(=O)NC2CN(C(=O)c4ccc(=O)[nH]c4)CC2CO3)ccc1F. The van der Waals surface area contributed by atoms with Crippen LogP contribution in [0.2, 0.25) is 0 Å². The van der Waals surface area contributed by atoms with Gasteiger partial charge < -0.3 is 24.5 Å². The lowest BCUT2D eigenvalue weighted by Crippen LogP contribution is -2.43. The maximum atomic E-state index is 13.6. The molecule has 5 rings (SSSR count). The molecule has 3 N–H and O–H groups in total. The highest BCUT2D eigenvalue weighted by molar-refractivity contribution is 7.89. The van der Waals surface area contributed by atoms with Gasteiger partial charge in [0.1, 0.15) is 10.7 Å². The number of halogens is 1. The van der Waals surface area contributed by atoms with E-state index in [1.807, 2.05) is 0 Å². The van der Waals surface area contributed by atoms with Crippen LogP contribution in [-0.2, 0) is 17.1 Å². The minimum Gasteiger partial charge on any atom is -0.489 e. The fraction of sp³-hybridized carbons (Fsp3) is 0.292. The van der Waals surface area contributed by atoms with E-state index in [2.05, 4.69) is 15.0 Å². The Hall–Kier alpha value is -3.97. The maximum absolute atomic E-state index is 13.6. The van der Waals surface area contributed by atoms with Crippen molar-refractivity contribution in [3.63, 3.8) is 0 Å². The van der Waals surface area contributed by atoms with E-state index in [1.54, 1.807) is 6.92 Å². The summed E-state index contributed by atoms with van der Waals surface area (Å²) in [4.78, 5) is 41.1. The number of nitrogens with one attached hydrogen (secondary N) is 3. The summed E-state index contributed by atoms with van der Waals surface area (Å²) in [5.41, 5.74) is 0.610. The fourth-order valence-electron chi connectivity index (χ4n) is 4.60. The van der Waals surface area contributed by atoms with Gasteiger partial charge in [0.25, 0.3) is 11.8 Å². The predicted molar refractivity (Wildman–Crippen MR) is 131 cm³/mol. The van der Waals surface area contributed by atoms with Crippen LogP contribution >= 0.6 is 0 Å². The Morgan fingerprint density at radius 2 is 1.97 bits per heavy atom. The average Bonchev–Trinajstić information content (AvgIpc) is 3.39. The average molecular weight is 530 g/mol. The molecule has 1 aromatic carbocycles. The van der Waals surface area contributed by atoms with Gasteiger partial charge >= 0.3 is 0 Å². The summed E-state index contributed by atoms with van der Waals surface area (Å²) in [7, 11) is -2.58. The van der Waals surface area contributed by atoms with Crippen LogP contribution in [0.3, 0.4) is 0 Å². The van der Waals surface area contributed by atoms with Gasteiger partial charge in [-0.1, -0.05) is 0 Å².